The number of aliphatic hydroxyl groups is 1. The Morgan fingerprint density at radius 3 is 2.67 bits per heavy atom. The molecule has 0 aromatic heterocycles. The molecule has 0 spiro atoms. The molecule has 3 heteroatoms. The van der Waals surface area contributed by atoms with Crippen LogP contribution in [0, 0.1) is 0 Å². The topological polar surface area (TPSA) is 55.5 Å². The van der Waals surface area contributed by atoms with E-state index in [1.807, 2.05) is 18.2 Å². The summed E-state index contributed by atoms with van der Waals surface area (Å²) in [5.74, 6) is 0.977. The van der Waals surface area contributed by atoms with Crippen LogP contribution in [0.2, 0.25) is 0 Å². The standard InChI is InChI=1S/C15H25NO2/c1-3-13-8-4-5-9-14(13)18-11-7-6-10-15(2,17)12-16/h4-5,8-9,17H,3,6-7,10-12,16H2,1-2H3. The molecule has 1 unspecified atom stereocenters. The van der Waals surface area contributed by atoms with Crippen LogP contribution < -0.4 is 10.5 Å². The van der Waals surface area contributed by atoms with E-state index in [4.69, 9.17) is 10.5 Å². The lowest BCUT2D eigenvalue weighted by Crippen LogP contribution is -2.33. The van der Waals surface area contributed by atoms with Gasteiger partial charge in [0.05, 0.1) is 12.2 Å². The fourth-order valence-corrected chi connectivity index (χ4v) is 1.83. The summed E-state index contributed by atoms with van der Waals surface area (Å²) in [5, 5.41) is 9.76. The molecule has 0 saturated carbocycles. The van der Waals surface area contributed by atoms with Gasteiger partial charge in [-0.2, -0.15) is 0 Å². The minimum atomic E-state index is -0.735. The Morgan fingerprint density at radius 2 is 2.00 bits per heavy atom. The molecule has 1 aromatic rings. The maximum atomic E-state index is 9.76. The van der Waals surface area contributed by atoms with E-state index < -0.39 is 5.60 Å². The van der Waals surface area contributed by atoms with Crippen molar-refractivity contribution in [2.75, 3.05) is 13.2 Å². The summed E-state index contributed by atoms with van der Waals surface area (Å²) in [4.78, 5) is 0. The molecule has 0 fully saturated rings. The lowest BCUT2D eigenvalue weighted by molar-refractivity contribution is 0.0562. The molecule has 18 heavy (non-hydrogen) atoms. The predicted octanol–water partition coefficient (Wildman–Crippen LogP) is 2.51. The molecule has 0 amide bonds. The number of rotatable bonds is 8. The van der Waals surface area contributed by atoms with Crippen LogP contribution >= 0.6 is 0 Å². The molecule has 0 bridgehead atoms. The van der Waals surface area contributed by atoms with Gasteiger partial charge >= 0.3 is 0 Å². The van der Waals surface area contributed by atoms with Crippen molar-refractivity contribution in [3.05, 3.63) is 29.8 Å². The van der Waals surface area contributed by atoms with Gasteiger partial charge in [-0.05, 0) is 44.2 Å². The zero-order chi connectivity index (χ0) is 13.4. The average Bonchev–Trinajstić information content (AvgIpc) is 2.38. The minimum Gasteiger partial charge on any atom is -0.493 e. The first-order valence-corrected chi connectivity index (χ1v) is 6.72. The Labute approximate surface area is 110 Å². The van der Waals surface area contributed by atoms with Crippen LogP contribution in [-0.2, 0) is 6.42 Å². The SMILES string of the molecule is CCc1ccccc1OCCCCC(C)(O)CN. The molecule has 1 rings (SSSR count). The van der Waals surface area contributed by atoms with Crippen LogP contribution in [0.5, 0.6) is 5.75 Å². The van der Waals surface area contributed by atoms with Gasteiger partial charge in [0, 0.05) is 6.54 Å². The smallest absolute Gasteiger partial charge is 0.122 e. The highest BCUT2D eigenvalue weighted by Crippen LogP contribution is 2.19. The first kappa shape index (κ1) is 15.0. The van der Waals surface area contributed by atoms with E-state index in [1.165, 1.54) is 5.56 Å². The zero-order valence-corrected chi connectivity index (χ0v) is 11.5. The summed E-state index contributed by atoms with van der Waals surface area (Å²) < 4.78 is 5.76. The van der Waals surface area contributed by atoms with Crippen molar-refractivity contribution >= 4 is 0 Å². The van der Waals surface area contributed by atoms with Crippen molar-refractivity contribution in [2.45, 2.75) is 45.1 Å². The second-order valence-electron chi connectivity index (χ2n) is 4.97. The van der Waals surface area contributed by atoms with Gasteiger partial charge in [0.15, 0.2) is 0 Å². The molecule has 0 aliphatic heterocycles. The van der Waals surface area contributed by atoms with Gasteiger partial charge < -0.3 is 15.6 Å². The molecule has 0 aliphatic rings. The van der Waals surface area contributed by atoms with Gasteiger partial charge in [0.2, 0.25) is 0 Å². The van der Waals surface area contributed by atoms with Crippen LogP contribution in [0.25, 0.3) is 0 Å². The number of nitrogens with two attached hydrogens (primary N) is 1. The molecule has 0 aliphatic carbocycles. The van der Waals surface area contributed by atoms with Crippen molar-refractivity contribution in [3.63, 3.8) is 0 Å². The molecule has 3 nitrogen and oxygen atoms in total. The quantitative estimate of drug-likeness (QED) is 0.698. The highest BCUT2D eigenvalue weighted by molar-refractivity contribution is 5.33. The zero-order valence-electron chi connectivity index (χ0n) is 11.5. The minimum absolute atomic E-state index is 0.312. The first-order chi connectivity index (χ1) is 8.59. The molecule has 0 radical (unpaired) electrons. The van der Waals surface area contributed by atoms with Gasteiger partial charge in [0.1, 0.15) is 5.75 Å². The summed E-state index contributed by atoms with van der Waals surface area (Å²) in [5.41, 5.74) is 5.98. The van der Waals surface area contributed by atoms with Crippen LogP contribution in [0.4, 0.5) is 0 Å². The Kier molecular flexibility index (Phi) is 6.16. The van der Waals surface area contributed by atoms with E-state index in [9.17, 15) is 5.11 Å². The highest BCUT2D eigenvalue weighted by atomic mass is 16.5. The number of benzene rings is 1. The maximum Gasteiger partial charge on any atom is 0.122 e. The summed E-state index contributed by atoms with van der Waals surface area (Å²) in [7, 11) is 0. The van der Waals surface area contributed by atoms with E-state index in [1.54, 1.807) is 6.92 Å². The average molecular weight is 251 g/mol. The van der Waals surface area contributed by atoms with E-state index in [0.29, 0.717) is 13.2 Å². The number of para-hydroxylation sites is 1. The number of unbranched alkanes of at least 4 members (excludes halogenated alkanes) is 1. The number of aryl methyl sites for hydroxylation is 1. The number of hydrogen-bond acceptors (Lipinski definition) is 3. The lowest BCUT2D eigenvalue weighted by atomic mass is 10.00. The third-order valence-corrected chi connectivity index (χ3v) is 3.16. The Hall–Kier alpha value is -1.06. The Balaban J connectivity index is 2.26. The Bertz CT molecular complexity index is 350. The largest absolute Gasteiger partial charge is 0.493 e. The molecule has 102 valence electrons. The second-order valence-corrected chi connectivity index (χ2v) is 4.97. The normalized spacial score (nSPS) is 14.2. The third kappa shape index (κ3) is 5.07. The van der Waals surface area contributed by atoms with Crippen molar-refractivity contribution < 1.29 is 9.84 Å². The molecule has 1 aromatic carbocycles. The van der Waals surface area contributed by atoms with Gasteiger partial charge in [-0.25, -0.2) is 0 Å². The van der Waals surface area contributed by atoms with Crippen molar-refractivity contribution in [3.8, 4) is 5.75 Å². The first-order valence-electron chi connectivity index (χ1n) is 6.72. The molecule has 0 saturated heterocycles. The van der Waals surface area contributed by atoms with E-state index >= 15 is 0 Å². The Morgan fingerprint density at radius 1 is 1.28 bits per heavy atom. The number of hydrogen-bond donors (Lipinski definition) is 2. The predicted molar refractivity (Wildman–Crippen MR) is 74.8 cm³/mol. The number of ether oxygens (including phenoxy) is 1. The van der Waals surface area contributed by atoms with E-state index in [-0.39, 0.29) is 0 Å². The van der Waals surface area contributed by atoms with Crippen molar-refractivity contribution in [2.24, 2.45) is 5.73 Å². The molecular formula is C15H25NO2. The second kappa shape index (κ2) is 7.39. The molecular weight excluding hydrogens is 226 g/mol. The monoisotopic (exact) mass is 251 g/mol. The van der Waals surface area contributed by atoms with Crippen LogP contribution in [-0.4, -0.2) is 23.9 Å². The van der Waals surface area contributed by atoms with Gasteiger partial charge in [0.25, 0.3) is 0 Å². The summed E-state index contributed by atoms with van der Waals surface area (Å²) in [6, 6.07) is 8.13. The van der Waals surface area contributed by atoms with Crippen LogP contribution in [0.3, 0.4) is 0 Å². The lowest BCUT2D eigenvalue weighted by Gasteiger charge is -2.20. The van der Waals surface area contributed by atoms with Crippen LogP contribution in [0.1, 0.15) is 38.7 Å². The van der Waals surface area contributed by atoms with E-state index in [2.05, 4.69) is 13.0 Å². The third-order valence-electron chi connectivity index (χ3n) is 3.16. The molecule has 3 N–H and O–H groups in total. The highest BCUT2D eigenvalue weighted by Gasteiger charge is 2.16. The van der Waals surface area contributed by atoms with Gasteiger partial charge in [-0.1, -0.05) is 25.1 Å². The van der Waals surface area contributed by atoms with E-state index in [0.717, 1.165) is 31.4 Å². The van der Waals surface area contributed by atoms with Gasteiger partial charge in [-0.3, -0.25) is 0 Å². The van der Waals surface area contributed by atoms with Crippen LogP contribution in [0.15, 0.2) is 24.3 Å². The summed E-state index contributed by atoms with van der Waals surface area (Å²) >= 11 is 0. The summed E-state index contributed by atoms with van der Waals surface area (Å²) in [6.45, 7) is 4.91. The summed E-state index contributed by atoms with van der Waals surface area (Å²) in [6.07, 6.45) is 3.58. The fourth-order valence-electron chi connectivity index (χ4n) is 1.83. The van der Waals surface area contributed by atoms with Crippen molar-refractivity contribution in [1.29, 1.82) is 0 Å². The molecule has 1 atom stereocenters. The maximum absolute atomic E-state index is 9.76. The fraction of sp³-hybridized carbons (Fsp3) is 0.600. The van der Waals surface area contributed by atoms with Gasteiger partial charge in [-0.15, -0.1) is 0 Å². The molecule has 0 heterocycles. The van der Waals surface area contributed by atoms with Crippen molar-refractivity contribution in [1.82, 2.24) is 0 Å².